The maximum Gasteiger partial charge on any atom is 0.338 e. The quantitative estimate of drug-likeness (QED) is 0.881. The number of ether oxygens (including phenoxy) is 2. The Morgan fingerprint density at radius 1 is 1.27 bits per heavy atom. The Morgan fingerprint density at radius 2 is 2.05 bits per heavy atom. The Balaban J connectivity index is 1.89. The van der Waals surface area contributed by atoms with E-state index in [0.717, 1.165) is 22.8 Å². The summed E-state index contributed by atoms with van der Waals surface area (Å²) in [6.45, 7) is 2.77. The SMILES string of the molecule is CCOC(=O)C1(Cc2ccc3cc(O)ccc3c2)CCCO1. The maximum atomic E-state index is 12.3. The van der Waals surface area contributed by atoms with Gasteiger partial charge in [0.25, 0.3) is 0 Å². The number of phenolic OH excluding ortho intramolecular Hbond substituents is 1. The predicted molar refractivity (Wildman–Crippen MR) is 83.9 cm³/mol. The molecule has 0 bridgehead atoms. The molecule has 0 aliphatic carbocycles. The number of phenols is 1. The van der Waals surface area contributed by atoms with E-state index in [1.165, 1.54) is 0 Å². The van der Waals surface area contributed by atoms with E-state index in [4.69, 9.17) is 9.47 Å². The van der Waals surface area contributed by atoms with Gasteiger partial charge in [0.1, 0.15) is 5.75 Å². The second-order valence-electron chi connectivity index (χ2n) is 5.71. The van der Waals surface area contributed by atoms with Crippen molar-refractivity contribution in [2.24, 2.45) is 0 Å². The van der Waals surface area contributed by atoms with Crippen molar-refractivity contribution in [1.82, 2.24) is 0 Å². The second kappa shape index (κ2) is 5.97. The summed E-state index contributed by atoms with van der Waals surface area (Å²) < 4.78 is 11.0. The van der Waals surface area contributed by atoms with Crippen LogP contribution in [-0.4, -0.2) is 29.9 Å². The van der Waals surface area contributed by atoms with Crippen molar-refractivity contribution in [3.05, 3.63) is 42.0 Å². The lowest BCUT2D eigenvalue weighted by atomic mass is 9.90. The standard InChI is InChI=1S/C18H20O4/c1-2-21-17(20)18(8-3-9-22-18)12-13-4-5-15-11-16(19)7-6-14(15)10-13/h4-7,10-11,19H,2-3,8-9,12H2,1H3. The van der Waals surface area contributed by atoms with Crippen molar-refractivity contribution in [3.8, 4) is 5.75 Å². The van der Waals surface area contributed by atoms with Crippen LogP contribution in [0, 0.1) is 0 Å². The number of aromatic hydroxyl groups is 1. The molecule has 4 heteroatoms. The molecule has 1 saturated heterocycles. The number of fused-ring (bicyclic) bond motifs is 1. The van der Waals surface area contributed by atoms with Crippen LogP contribution in [0.5, 0.6) is 5.75 Å². The van der Waals surface area contributed by atoms with Gasteiger partial charge in [-0.3, -0.25) is 0 Å². The van der Waals surface area contributed by atoms with E-state index in [9.17, 15) is 9.90 Å². The smallest absolute Gasteiger partial charge is 0.338 e. The number of carbonyl (C=O) groups excluding carboxylic acids is 1. The summed E-state index contributed by atoms with van der Waals surface area (Å²) >= 11 is 0. The molecular weight excluding hydrogens is 280 g/mol. The van der Waals surface area contributed by atoms with Crippen LogP contribution in [-0.2, 0) is 20.7 Å². The van der Waals surface area contributed by atoms with Crippen LogP contribution in [0.1, 0.15) is 25.3 Å². The van der Waals surface area contributed by atoms with Crippen LogP contribution < -0.4 is 0 Å². The zero-order chi connectivity index (χ0) is 15.6. The van der Waals surface area contributed by atoms with Crippen molar-refractivity contribution >= 4 is 16.7 Å². The van der Waals surface area contributed by atoms with E-state index in [2.05, 4.69) is 0 Å². The van der Waals surface area contributed by atoms with Gasteiger partial charge in [-0.05, 0) is 48.2 Å². The summed E-state index contributed by atoms with van der Waals surface area (Å²) in [5.74, 6) is -0.0133. The Bertz CT molecular complexity index is 687. The molecule has 3 rings (SSSR count). The third-order valence-electron chi connectivity index (χ3n) is 4.13. The number of benzene rings is 2. The van der Waals surface area contributed by atoms with Gasteiger partial charge in [0.05, 0.1) is 6.61 Å². The molecule has 1 heterocycles. The van der Waals surface area contributed by atoms with Gasteiger partial charge in [0.2, 0.25) is 0 Å². The first-order valence-corrected chi connectivity index (χ1v) is 7.66. The third kappa shape index (κ3) is 2.79. The average molecular weight is 300 g/mol. The molecule has 1 aliphatic heterocycles. The van der Waals surface area contributed by atoms with E-state index in [0.29, 0.717) is 26.1 Å². The molecule has 1 unspecified atom stereocenters. The van der Waals surface area contributed by atoms with Gasteiger partial charge >= 0.3 is 5.97 Å². The average Bonchev–Trinajstić information content (AvgIpc) is 2.97. The van der Waals surface area contributed by atoms with Crippen molar-refractivity contribution in [1.29, 1.82) is 0 Å². The molecule has 22 heavy (non-hydrogen) atoms. The van der Waals surface area contributed by atoms with Crippen molar-refractivity contribution in [3.63, 3.8) is 0 Å². The van der Waals surface area contributed by atoms with Crippen molar-refractivity contribution in [2.75, 3.05) is 13.2 Å². The van der Waals surface area contributed by atoms with Gasteiger partial charge in [-0.25, -0.2) is 4.79 Å². The summed E-state index contributed by atoms with van der Waals surface area (Å²) in [7, 11) is 0. The van der Waals surface area contributed by atoms with E-state index in [1.54, 1.807) is 12.1 Å². The maximum absolute atomic E-state index is 12.3. The van der Waals surface area contributed by atoms with Crippen LogP contribution in [0.15, 0.2) is 36.4 Å². The minimum absolute atomic E-state index is 0.252. The minimum atomic E-state index is -0.847. The largest absolute Gasteiger partial charge is 0.508 e. The highest BCUT2D eigenvalue weighted by atomic mass is 16.6. The molecule has 116 valence electrons. The molecule has 1 atom stereocenters. The monoisotopic (exact) mass is 300 g/mol. The van der Waals surface area contributed by atoms with Gasteiger partial charge < -0.3 is 14.6 Å². The molecule has 0 amide bonds. The first-order chi connectivity index (χ1) is 10.6. The summed E-state index contributed by atoms with van der Waals surface area (Å²) in [5.41, 5.74) is 0.189. The highest BCUT2D eigenvalue weighted by Crippen LogP contribution is 2.32. The molecule has 0 radical (unpaired) electrons. The number of hydrogen-bond acceptors (Lipinski definition) is 4. The Labute approximate surface area is 129 Å². The fourth-order valence-electron chi connectivity index (χ4n) is 3.05. The summed E-state index contributed by atoms with van der Waals surface area (Å²) in [4.78, 5) is 12.3. The molecule has 4 nitrogen and oxygen atoms in total. The van der Waals surface area contributed by atoms with Crippen LogP contribution >= 0.6 is 0 Å². The fraction of sp³-hybridized carbons (Fsp3) is 0.389. The summed E-state index contributed by atoms with van der Waals surface area (Å²) in [5, 5.41) is 11.5. The highest BCUT2D eigenvalue weighted by molar-refractivity contribution is 5.85. The molecule has 0 spiro atoms. The Kier molecular flexibility index (Phi) is 4.03. The van der Waals surface area contributed by atoms with Crippen LogP contribution in [0.2, 0.25) is 0 Å². The Morgan fingerprint density at radius 3 is 2.77 bits per heavy atom. The topological polar surface area (TPSA) is 55.8 Å². The molecule has 1 aliphatic rings. The lowest BCUT2D eigenvalue weighted by Crippen LogP contribution is -2.41. The van der Waals surface area contributed by atoms with Gasteiger partial charge in [0, 0.05) is 13.0 Å². The lowest BCUT2D eigenvalue weighted by molar-refractivity contribution is -0.166. The van der Waals surface area contributed by atoms with Crippen LogP contribution in [0.4, 0.5) is 0 Å². The van der Waals surface area contributed by atoms with E-state index >= 15 is 0 Å². The fourth-order valence-corrected chi connectivity index (χ4v) is 3.05. The molecule has 1 N–H and O–H groups in total. The first-order valence-electron chi connectivity index (χ1n) is 7.66. The third-order valence-corrected chi connectivity index (χ3v) is 4.13. The van der Waals surface area contributed by atoms with Crippen molar-refractivity contribution in [2.45, 2.75) is 31.8 Å². The van der Waals surface area contributed by atoms with E-state index in [1.807, 2.05) is 31.2 Å². The van der Waals surface area contributed by atoms with Gasteiger partial charge in [-0.1, -0.05) is 24.3 Å². The molecule has 0 aromatic heterocycles. The van der Waals surface area contributed by atoms with Gasteiger partial charge in [0.15, 0.2) is 5.60 Å². The number of esters is 1. The molecule has 2 aromatic rings. The molecule has 2 aromatic carbocycles. The molecular formula is C18H20O4. The van der Waals surface area contributed by atoms with Gasteiger partial charge in [-0.15, -0.1) is 0 Å². The zero-order valence-corrected chi connectivity index (χ0v) is 12.7. The molecule has 0 saturated carbocycles. The lowest BCUT2D eigenvalue weighted by Gasteiger charge is -2.26. The van der Waals surface area contributed by atoms with Crippen LogP contribution in [0.25, 0.3) is 10.8 Å². The molecule has 1 fully saturated rings. The van der Waals surface area contributed by atoms with E-state index in [-0.39, 0.29) is 11.7 Å². The minimum Gasteiger partial charge on any atom is -0.508 e. The second-order valence-corrected chi connectivity index (χ2v) is 5.71. The van der Waals surface area contributed by atoms with Gasteiger partial charge in [-0.2, -0.15) is 0 Å². The zero-order valence-electron chi connectivity index (χ0n) is 12.7. The Hall–Kier alpha value is -2.07. The highest BCUT2D eigenvalue weighted by Gasteiger charge is 2.44. The van der Waals surface area contributed by atoms with E-state index < -0.39 is 5.60 Å². The predicted octanol–water partition coefficient (Wildman–Crippen LogP) is 3.20. The first kappa shape index (κ1) is 14.9. The summed E-state index contributed by atoms with van der Waals surface area (Å²) in [6, 6.07) is 11.2. The normalized spacial score (nSPS) is 21.1. The summed E-state index contributed by atoms with van der Waals surface area (Å²) in [6.07, 6.45) is 2.09. The number of rotatable bonds is 4. The van der Waals surface area contributed by atoms with Crippen molar-refractivity contribution < 1.29 is 19.4 Å². The number of hydrogen-bond donors (Lipinski definition) is 1. The number of carbonyl (C=O) groups is 1. The van der Waals surface area contributed by atoms with Crippen LogP contribution in [0.3, 0.4) is 0 Å².